The number of halogens is 2. The highest BCUT2D eigenvalue weighted by atomic mass is 79.9. The summed E-state index contributed by atoms with van der Waals surface area (Å²) in [6, 6.07) is 13.7. The Morgan fingerprint density at radius 3 is 2.59 bits per heavy atom. The highest BCUT2D eigenvalue weighted by molar-refractivity contribution is 9.10. The van der Waals surface area contributed by atoms with Crippen LogP contribution >= 0.6 is 15.9 Å². The molecule has 0 fully saturated rings. The minimum Gasteiger partial charge on any atom is -0.350 e. The summed E-state index contributed by atoms with van der Waals surface area (Å²) in [5, 5.41) is 6.88. The Hall–Kier alpha value is -2.54. The summed E-state index contributed by atoms with van der Waals surface area (Å²) in [4.78, 5) is 16.4. The van der Waals surface area contributed by atoms with E-state index in [9.17, 15) is 9.18 Å². The maximum atomic E-state index is 13.0. The van der Waals surface area contributed by atoms with Crippen molar-refractivity contribution in [2.24, 2.45) is 0 Å². The Labute approximate surface area is 165 Å². The van der Waals surface area contributed by atoms with Crippen molar-refractivity contribution in [3.05, 3.63) is 70.3 Å². The first kappa shape index (κ1) is 19.2. The first-order valence-corrected chi connectivity index (χ1v) is 9.44. The molecular weight excluding hydrogens is 413 g/mol. The quantitative estimate of drug-likeness (QED) is 0.580. The molecule has 0 saturated heterocycles. The molecule has 7 heteroatoms. The molecule has 1 amide bonds. The zero-order valence-electron chi connectivity index (χ0n) is 14.8. The summed E-state index contributed by atoms with van der Waals surface area (Å²) in [5.41, 5.74) is 1.74. The van der Waals surface area contributed by atoms with Crippen LogP contribution in [-0.4, -0.2) is 16.0 Å². The van der Waals surface area contributed by atoms with Gasteiger partial charge in [0.05, 0.1) is 6.04 Å². The molecular formula is C20H19BrFN3O2. The first-order valence-electron chi connectivity index (χ1n) is 8.64. The van der Waals surface area contributed by atoms with Gasteiger partial charge >= 0.3 is 0 Å². The molecule has 1 atom stereocenters. The lowest BCUT2D eigenvalue weighted by Gasteiger charge is -2.14. The van der Waals surface area contributed by atoms with Gasteiger partial charge in [-0.25, -0.2) is 4.39 Å². The normalized spacial score (nSPS) is 12.0. The van der Waals surface area contributed by atoms with Crippen molar-refractivity contribution in [1.29, 1.82) is 0 Å². The van der Waals surface area contributed by atoms with E-state index in [0.717, 1.165) is 10.0 Å². The number of hydrogen-bond donors (Lipinski definition) is 1. The molecule has 0 aliphatic heterocycles. The highest BCUT2D eigenvalue weighted by Crippen LogP contribution is 2.18. The molecule has 1 aromatic heterocycles. The van der Waals surface area contributed by atoms with E-state index < -0.39 is 0 Å². The average molecular weight is 432 g/mol. The molecule has 0 aliphatic rings. The molecule has 0 saturated carbocycles. The molecule has 2 aromatic carbocycles. The lowest BCUT2D eigenvalue weighted by molar-refractivity contribution is -0.121. The maximum absolute atomic E-state index is 13.0. The number of aromatic nitrogens is 2. The van der Waals surface area contributed by atoms with E-state index in [1.54, 1.807) is 12.1 Å². The second-order valence-electron chi connectivity index (χ2n) is 6.21. The van der Waals surface area contributed by atoms with Gasteiger partial charge in [-0.3, -0.25) is 4.79 Å². The Morgan fingerprint density at radius 1 is 1.19 bits per heavy atom. The minimum absolute atomic E-state index is 0.0244. The van der Waals surface area contributed by atoms with Gasteiger partial charge in [0.2, 0.25) is 17.6 Å². The maximum Gasteiger partial charge on any atom is 0.226 e. The minimum atomic E-state index is -0.314. The van der Waals surface area contributed by atoms with E-state index in [2.05, 4.69) is 31.4 Å². The van der Waals surface area contributed by atoms with Crippen LogP contribution in [0.3, 0.4) is 0 Å². The molecule has 0 radical (unpaired) electrons. The van der Waals surface area contributed by atoms with Gasteiger partial charge in [-0.1, -0.05) is 33.2 Å². The van der Waals surface area contributed by atoms with Gasteiger partial charge in [0, 0.05) is 22.9 Å². The highest BCUT2D eigenvalue weighted by Gasteiger charge is 2.12. The Morgan fingerprint density at radius 2 is 1.89 bits per heavy atom. The van der Waals surface area contributed by atoms with E-state index in [1.807, 2.05) is 31.2 Å². The van der Waals surface area contributed by atoms with Crippen molar-refractivity contribution < 1.29 is 13.7 Å². The van der Waals surface area contributed by atoms with Crippen LogP contribution in [0.2, 0.25) is 0 Å². The van der Waals surface area contributed by atoms with Gasteiger partial charge in [0.25, 0.3) is 0 Å². The fourth-order valence-electron chi connectivity index (χ4n) is 2.62. The second kappa shape index (κ2) is 8.90. The van der Waals surface area contributed by atoms with E-state index in [1.165, 1.54) is 12.1 Å². The second-order valence-corrected chi connectivity index (χ2v) is 7.13. The smallest absolute Gasteiger partial charge is 0.226 e. The van der Waals surface area contributed by atoms with Crippen LogP contribution in [0.5, 0.6) is 0 Å². The van der Waals surface area contributed by atoms with E-state index in [4.69, 9.17) is 4.52 Å². The molecule has 0 spiro atoms. The number of nitrogens with zero attached hydrogens (tertiary/aromatic N) is 2. The third-order valence-electron chi connectivity index (χ3n) is 4.11. The van der Waals surface area contributed by atoms with E-state index >= 15 is 0 Å². The average Bonchev–Trinajstić information content (AvgIpc) is 3.11. The number of hydrogen-bond acceptors (Lipinski definition) is 4. The third-order valence-corrected chi connectivity index (χ3v) is 4.64. The zero-order valence-corrected chi connectivity index (χ0v) is 16.4. The van der Waals surface area contributed by atoms with Crippen molar-refractivity contribution in [2.45, 2.75) is 32.2 Å². The summed E-state index contributed by atoms with van der Waals surface area (Å²) < 4.78 is 19.2. The predicted molar refractivity (Wildman–Crippen MR) is 103 cm³/mol. The van der Waals surface area contributed by atoms with Crippen molar-refractivity contribution in [2.75, 3.05) is 0 Å². The predicted octanol–water partition coefficient (Wildman–Crippen LogP) is 4.84. The Bertz CT molecular complexity index is 894. The molecule has 0 aliphatic carbocycles. The molecule has 3 rings (SSSR count). The lowest BCUT2D eigenvalue weighted by atomic mass is 10.1. The molecule has 3 aromatic rings. The van der Waals surface area contributed by atoms with Crippen LogP contribution in [0.15, 0.2) is 57.5 Å². The third kappa shape index (κ3) is 5.47. The van der Waals surface area contributed by atoms with Gasteiger partial charge in [-0.15, -0.1) is 0 Å². The number of carbonyl (C=O) groups excluding carboxylic acids is 1. The summed E-state index contributed by atoms with van der Waals surface area (Å²) in [7, 11) is 0. The van der Waals surface area contributed by atoms with Gasteiger partial charge < -0.3 is 9.84 Å². The van der Waals surface area contributed by atoms with Crippen molar-refractivity contribution in [1.82, 2.24) is 15.5 Å². The Kier molecular flexibility index (Phi) is 6.34. The van der Waals surface area contributed by atoms with Crippen LogP contribution in [0.1, 0.15) is 37.3 Å². The van der Waals surface area contributed by atoms with E-state index in [0.29, 0.717) is 36.5 Å². The van der Waals surface area contributed by atoms with Gasteiger partial charge in [-0.2, -0.15) is 4.98 Å². The van der Waals surface area contributed by atoms with Crippen LogP contribution in [0.4, 0.5) is 4.39 Å². The number of aryl methyl sites for hydroxylation is 1. The SMILES string of the molecule is CC(NC(=O)CCCc1nc(-c2ccc(F)cc2)no1)c1ccc(Br)cc1. The number of amides is 1. The molecule has 5 nitrogen and oxygen atoms in total. The molecule has 1 heterocycles. The number of nitrogens with one attached hydrogen (secondary N) is 1. The first-order chi connectivity index (χ1) is 13.0. The molecule has 140 valence electrons. The van der Waals surface area contributed by atoms with Crippen molar-refractivity contribution in [3.8, 4) is 11.4 Å². The van der Waals surface area contributed by atoms with Gasteiger partial charge in [0.1, 0.15) is 5.82 Å². The van der Waals surface area contributed by atoms with Crippen LogP contribution in [0, 0.1) is 5.82 Å². The molecule has 1 unspecified atom stereocenters. The van der Waals surface area contributed by atoms with Crippen molar-refractivity contribution >= 4 is 21.8 Å². The fourth-order valence-corrected chi connectivity index (χ4v) is 2.89. The summed E-state index contributed by atoms with van der Waals surface area (Å²) in [6.07, 6.45) is 1.48. The van der Waals surface area contributed by atoms with Crippen LogP contribution < -0.4 is 5.32 Å². The molecule has 27 heavy (non-hydrogen) atoms. The fraction of sp³-hybridized carbons (Fsp3) is 0.250. The summed E-state index contributed by atoms with van der Waals surface area (Å²) >= 11 is 3.40. The van der Waals surface area contributed by atoms with Crippen LogP contribution in [-0.2, 0) is 11.2 Å². The van der Waals surface area contributed by atoms with Gasteiger partial charge in [-0.05, 0) is 55.3 Å². The largest absolute Gasteiger partial charge is 0.350 e. The number of rotatable bonds is 7. The zero-order chi connectivity index (χ0) is 19.2. The topological polar surface area (TPSA) is 68.0 Å². The van der Waals surface area contributed by atoms with Gasteiger partial charge in [0.15, 0.2) is 0 Å². The molecule has 0 bridgehead atoms. The summed E-state index contributed by atoms with van der Waals surface area (Å²) in [5.74, 6) is 0.538. The van der Waals surface area contributed by atoms with E-state index in [-0.39, 0.29) is 17.8 Å². The lowest BCUT2D eigenvalue weighted by Crippen LogP contribution is -2.26. The number of carbonyl (C=O) groups is 1. The van der Waals surface area contributed by atoms with Crippen LogP contribution in [0.25, 0.3) is 11.4 Å². The van der Waals surface area contributed by atoms with Crippen molar-refractivity contribution in [3.63, 3.8) is 0 Å². The number of benzene rings is 2. The standard InChI is InChI=1S/C20H19BrFN3O2/c1-13(14-5-9-16(21)10-6-14)23-18(26)3-2-4-19-24-20(25-27-19)15-7-11-17(22)12-8-15/h5-13H,2-4H2,1H3,(H,23,26). The summed E-state index contributed by atoms with van der Waals surface area (Å²) in [6.45, 7) is 1.95. The molecule has 1 N–H and O–H groups in total. The monoisotopic (exact) mass is 431 g/mol. The Balaban J connectivity index is 1.46.